The molecule has 0 aliphatic rings. The quantitative estimate of drug-likeness (QED) is 0.832. The number of halogens is 3. The van der Waals surface area contributed by atoms with Crippen molar-refractivity contribution < 1.29 is 13.2 Å². The monoisotopic (exact) mass is 324 g/mol. The molecular weight excluding hydrogens is 305 g/mol. The van der Waals surface area contributed by atoms with Gasteiger partial charge in [0.25, 0.3) is 0 Å². The van der Waals surface area contributed by atoms with Crippen molar-refractivity contribution in [3.63, 3.8) is 0 Å². The van der Waals surface area contributed by atoms with Gasteiger partial charge in [-0.2, -0.15) is 13.2 Å². The Morgan fingerprint density at radius 1 is 1.13 bits per heavy atom. The molecule has 2 heterocycles. The fourth-order valence-electron chi connectivity index (χ4n) is 1.97. The molecule has 2 rings (SSSR count). The molecule has 23 heavy (non-hydrogen) atoms. The van der Waals surface area contributed by atoms with Crippen LogP contribution >= 0.6 is 0 Å². The van der Waals surface area contributed by atoms with Crippen molar-refractivity contribution in [2.45, 2.75) is 26.4 Å². The number of aromatic nitrogens is 3. The SMILES string of the molecule is CC(C)CCN(C)c1cc(C(F)(F)F)nc(-c2ccncc2)n1. The molecule has 0 atom stereocenters. The molecule has 0 amide bonds. The molecule has 0 saturated carbocycles. The fourth-order valence-corrected chi connectivity index (χ4v) is 1.97. The summed E-state index contributed by atoms with van der Waals surface area (Å²) in [5.41, 5.74) is -0.435. The van der Waals surface area contributed by atoms with E-state index in [1.807, 2.05) is 0 Å². The second kappa shape index (κ2) is 6.93. The maximum absolute atomic E-state index is 13.1. The molecule has 0 bridgehead atoms. The Balaban J connectivity index is 2.42. The van der Waals surface area contributed by atoms with Crippen LogP contribution in [0.5, 0.6) is 0 Å². The van der Waals surface area contributed by atoms with Gasteiger partial charge < -0.3 is 4.90 Å². The van der Waals surface area contributed by atoms with Gasteiger partial charge in [0.1, 0.15) is 5.82 Å². The minimum absolute atomic E-state index is 0.0496. The number of nitrogens with zero attached hydrogens (tertiary/aromatic N) is 4. The molecule has 7 heteroatoms. The van der Waals surface area contributed by atoms with Gasteiger partial charge in [0.05, 0.1) is 0 Å². The standard InChI is InChI=1S/C16H19F3N4/c1-11(2)6-9-23(3)14-10-13(16(17,18)19)21-15(22-14)12-4-7-20-8-5-12/h4-5,7-8,10-11H,6,9H2,1-3H3. The fraction of sp³-hybridized carbons (Fsp3) is 0.438. The molecule has 124 valence electrons. The predicted octanol–water partition coefficient (Wildman–Crippen LogP) is 4.04. The third-order valence-electron chi connectivity index (χ3n) is 3.37. The lowest BCUT2D eigenvalue weighted by Gasteiger charge is -2.21. The number of hydrogen-bond donors (Lipinski definition) is 0. The predicted molar refractivity (Wildman–Crippen MR) is 83.0 cm³/mol. The van der Waals surface area contributed by atoms with E-state index in [4.69, 9.17) is 0 Å². The van der Waals surface area contributed by atoms with Gasteiger partial charge in [-0.05, 0) is 24.5 Å². The molecule has 2 aromatic heterocycles. The summed E-state index contributed by atoms with van der Waals surface area (Å²) in [5, 5.41) is 0. The molecular formula is C16H19F3N4. The molecule has 0 aliphatic heterocycles. The molecule has 0 spiro atoms. The highest BCUT2D eigenvalue weighted by atomic mass is 19.4. The van der Waals surface area contributed by atoms with Crippen LogP contribution in [0.4, 0.5) is 19.0 Å². The van der Waals surface area contributed by atoms with Gasteiger partial charge in [0.2, 0.25) is 0 Å². The van der Waals surface area contributed by atoms with Gasteiger partial charge in [-0.25, -0.2) is 9.97 Å². The summed E-state index contributed by atoms with van der Waals surface area (Å²) < 4.78 is 39.4. The van der Waals surface area contributed by atoms with Crippen molar-refractivity contribution in [3.8, 4) is 11.4 Å². The number of alkyl halides is 3. The lowest BCUT2D eigenvalue weighted by atomic mass is 10.1. The van der Waals surface area contributed by atoms with E-state index in [2.05, 4.69) is 28.8 Å². The molecule has 0 aliphatic carbocycles. The lowest BCUT2D eigenvalue weighted by Crippen LogP contribution is -2.22. The summed E-state index contributed by atoms with van der Waals surface area (Å²) in [5.74, 6) is 0.773. The van der Waals surface area contributed by atoms with Crippen molar-refractivity contribution in [3.05, 3.63) is 36.3 Å². The molecule has 4 nitrogen and oxygen atoms in total. The Morgan fingerprint density at radius 2 is 1.78 bits per heavy atom. The summed E-state index contributed by atoms with van der Waals surface area (Å²) >= 11 is 0. The summed E-state index contributed by atoms with van der Waals surface area (Å²) in [7, 11) is 1.74. The smallest absolute Gasteiger partial charge is 0.360 e. The molecule has 0 fully saturated rings. The maximum Gasteiger partial charge on any atom is 0.433 e. The summed E-state index contributed by atoms with van der Waals surface area (Å²) in [6.45, 7) is 4.76. The number of rotatable bonds is 5. The summed E-state index contributed by atoms with van der Waals surface area (Å²) in [6, 6.07) is 4.17. The summed E-state index contributed by atoms with van der Waals surface area (Å²) in [4.78, 5) is 13.5. The Labute approximate surface area is 133 Å². The van der Waals surface area contributed by atoms with Gasteiger partial charge in [0, 0.05) is 37.6 Å². The van der Waals surface area contributed by atoms with Crippen molar-refractivity contribution >= 4 is 5.82 Å². The zero-order valence-corrected chi connectivity index (χ0v) is 13.3. The van der Waals surface area contributed by atoms with Gasteiger partial charge in [-0.1, -0.05) is 13.8 Å². The topological polar surface area (TPSA) is 41.9 Å². The third kappa shape index (κ3) is 4.64. The van der Waals surface area contributed by atoms with Crippen LogP contribution in [0.25, 0.3) is 11.4 Å². The first-order valence-corrected chi connectivity index (χ1v) is 7.35. The Kier molecular flexibility index (Phi) is 5.18. The highest BCUT2D eigenvalue weighted by Gasteiger charge is 2.34. The first-order chi connectivity index (χ1) is 10.8. The van der Waals surface area contributed by atoms with Crippen LogP contribution < -0.4 is 4.90 Å². The van der Waals surface area contributed by atoms with Crippen LogP contribution in [-0.4, -0.2) is 28.5 Å². The largest absolute Gasteiger partial charge is 0.433 e. The third-order valence-corrected chi connectivity index (χ3v) is 3.37. The van der Waals surface area contributed by atoms with Gasteiger partial charge in [-0.3, -0.25) is 4.98 Å². The maximum atomic E-state index is 13.1. The van der Waals surface area contributed by atoms with Crippen LogP contribution in [0.1, 0.15) is 26.0 Å². The number of pyridine rings is 1. The minimum Gasteiger partial charge on any atom is -0.360 e. The lowest BCUT2D eigenvalue weighted by molar-refractivity contribution is -0.141. The van der Waals surface area contributed by atoms with Crippen LogP contribution in [0.3, 0.4) is 0 Å². The van der Waals surface area contributed by atoms with Gasteiger partial charge in [0.15, 0.2) is 11.5 Å². The van der Waals surface area contributed by atoms with Gasteiger partial charge >= 0.3 is 6.18 Å². The Hall–Kier alpha value is -2.18. The minimum atomic E-state index is -4.52. The second-order valence-electron chi connectivity index (χ2n) is 5.77. The molecule has 0 saturated heterocycles. The number of hydrogen-bond acceptors (Lipinski definition) is 4. The zero-order chi connectivity index (χ0) is 17.0. The van der Waals surface area contributed by atoms with E-state index >= 15 is 0 Å². The van der Waals surface area contributed by atoms with Crippen LogP contribution in [0.15, 0.2) is 30.6 Å². The van der Waals surface area contributed by atoms with Crippen molar-refractivity contribution in [1.29, 1.82) is 0 Å². The molecule has 0 aromatic carbocycles. The van der Waals surface area contributed by atoms with Crippen molar-refractivity contribution in [2.75, 3.05) is 18.5 Å². The normalized spacial score (nSPS) is 11.8. The molecule has 2 aromatic rings. The van der Waals surface area contributed by atoms with E-state index in [1.165, 1.54) is 12.4 Å². The van der Waals surface area contributed by atoms with Crippen LogP contribution in [0, 0.1) is 5.92 Å². The first-order valence-electron chi connectivity index (χ1n) is 7.35. The summed E-state index contributed by atoms with van der Waals surface area (Å²) in [6.07, 6.45) is -0.646. The highest BCUT2D eigenvalue weighted by Crippen LogP contribution is 2.31. The van der Waals surface area contributed by atoms with Crippen molar-refractivity contribution in [2.24, 2.45) is 5.92 Å². The zero-order valence-electron chi connectivity index (χ0n) is 13.3. The van der Waals surface area contributed by atoms with E-state index in [0.29, 0.717) is 18.0 Å². The molecule has 0 unspecified atom stereocenters. The Morgan fingerprint density at radius 3 is 2.35 bits per heavy atom. The van der Waals surface area contributed by atoms with E-state index in [9.17, 15) is 13.2 Å². The first kappa shape index (κ1) is 17.2. The van der Waals surface area contributed by atoms with Crippen LogP contribution in [0.2, 0.25) is 0 Å². The van der Waals surface area contributed by atoms with Gasteiger partial charge in [-0.15, -0.1) is 0 Å². The average molecular weight is 324 g/mol. The Bertz CT molecular complexity index is 642. The van der Waals surface area contributed by atoms with E-state index in [0.717, 1.165) is 12.5 Å². The average Bonchev–Trinajstić information content (AvgIpc) is 2.52. The van der Waals surface area contributed by atoms with E-state index < -0.39 is 11.9 Å². The van der Waals surface area contributed by atoms with E-state index in [1.54, 1.807) is 24.1 Å². The molecule has 0 N–H and O–H groups in total. The van der Waals surface area contributed by atoms with Crippen molar-refractivity contribution in [1.82, 2.24) is 15.0 Å². The van der Waals surface area contributed by atoms with E-state index in [-0.39, 0.29) is 11.6 Å². The molecule has 0 radical (unpaired) electrons. The number of anilines is 1. The second-order valence-corrected chi connectivity index (χ2v) is 5.77. The van der Waals surface area contributed by atoms with Crippen LogP contribution in [-0.2, 0) is 6.18 Å². The highest BCUT2D eigenvalue weighted by molar-refractivity contribution is 5.57.